The van der Waals surface area contributed by atoms with Crippen molar-refractivity contribution < 1.29 is 38.4 Å². The number of nitrogens with zero attached hydrogens (tertiary/aromatic N) is 3. The van der Waals surface area contributed by atoms with Crippen LogP contribution >= 0.6 is 11.3 Å². The van der Waals surface area contributed by atoms with Crippen LogP contribution in [-0.4, -0.2) is 48.1 Å². The number of benzene rings is 2. The van der Waals surface area contributed by atoms with Crippen molar-refractivity contribution >= 4 is 51.7 Å². The van der Waals surface area contributed by atoms with Crippen LogP contribution in [0.3, 0.4) is 0 Å². The molecule has 3 aromatic rings. The Balaban J connectivity index is 1.44. The summed E-state index contributed by atoms with van der Waals surface area (Å²) in [4.78, 5) is 59.0. The summed E-state index contributed by atoms with van der Waals surface area (Å²) in [6.45, 7) is 0. The maximum absolute atomic E-state index is 12.5. The van der Waals surface area contributed by atoms with Crippen LogP contribution in [-0.2, 0) is 27.2 Å². The molecule has 2 aromatic carbocycles. The van der Waals surface area contributed by atoms with Crippen LogP contribution < -0.4 is 20.2 Å². The number of esters is 1. The van der Waals surface area contributed by atoms with Crippen LogP contribution in [0.1, 0.15) is 39.2 Å². The molecule has 0 radical (unpaired) electrons. The predicted molar refractivity (Wildman–Crippen MR) is 149 cm³/mol. The fourth-order valence-electron chi connectivity index (χ4n) is 4.16. The van der Waals surface area contributed by atoms with Crippen LogP contribution in [0.25, 0.3) is 0 Å². The molecule has 0 aliphatic heterocycles. The van der Waals surface area contributed by atoms with E-state index < -0.39 is 39.0 Å². The molecule has 0 spiro atoms. The molecule has 0 saturated carbocycles. The number of hydrazone groups is 1. The monoisotopic (exact) mass is 597 g/mol. The van der Waals surface area contributed by atoms with Gasteiger partial charge in [-0.1, -0.05) is 0 Å². The second-order valence-corrected chi connectivity index (χ2v) is 9.84. The van der Waals surface area contributed by atoms with Crippen LogP contribution in [0.4, 0.5) is 16.4 Å². The van der Waals surface area contributed by atoms with E-state index >= 15 is 0 Å². The number of aryl methyl sites for hydroxylation is 1. The SMILES string of the molecule is COC(=O)c1c(NC(=O)C(=O)NN=Cc2ccc(Oc3ccc([N+](=O)[O-])cc3[N+](=O)[O-])c(OC)c2)sc2c1CCCC2. The third-order valence-corrected chi connectivity index (χ3v) is 7.34. The molecular formula is C26H23N5O10S. The number of nitrogens with one attached hydrogen (secondary N) is 2. The van der Waals surface area contributed by atoms with Crippen molar-refractivity contribution in [3.8, 4) is 17.2 Å². The molecule has 0 atom stereocenters. The van der Waals surface area contributed by atoms with E-state index in [0.717, 1.165) is 47.9 Å². The molecule has 1 heterocycles. The minimum atomic E-state index is -1.08. The zero-order valence-electron chi connectivity index (χ0n) is 22.2. The number of hydrogen-bond acceptors (Lipinski definition) is 12. The van der Waals surface area contributed by atoms with E-state index in [2.05, 4.69) is 15.8 Å². The lowest BCUT2D eigenvalue weighted by Crippen LogP contribution is -2.32. The summed E-state index contributed by atoms with van der Waals surface area (Å²) in [5, 5.41) is 28.8. The fraction of sp³-hybridized carbons (Fsp3) is 0.231. The number of thiophene rings is 1. The van der Waals surface area contributed by atoms with Crippen molar-refractivity contribution in [1.29, 1.82) is 0 Å². The smallest absolute Gasteiger partial charge is 0.341 e. The number of nitro benzene ring substituents is 2. The summed E-state index contributed by atoms with van der Waals surface area (Å²) in [6, 6.07) is 7.30. The molecule has 0 bridgehead atoms. The Morgan fingerprint density at radius 1 is 0.952 bits per heavy atom. The Hall–Kier alpha value is -5.38. The van der Waals surface area contributed by atoms with Gasteiger partial charge in [-0.25, -0.2) is 10.2 Å². The Labute approximate surface area is 241 Å². The van der Waals surface area contributed by atoms with E-state index in [-0.39, 0.29) is 27.8 Å². The van der Waals surface area contributed by atoms with Gasteiger partial charge in [0.25, 0.3) is 5.69 Å². The molecule has 15 nitrogen and oxygen atoms in total. The summed E-state index contributed by atoms with van der Waals surface area (Å²) >= 11 is 1.24. The predicted octanol–water partition coefficient (Wildman–Crippen LogP) is 4.12. The number of carbonyl (C=O) groups is 3. The molecule has 2 amide bonds. The van der Waals surface area contributed by atoms with Gasteiger partial charge in [0.05, 0.1) is 41.9 Å². The lowest BCUT2D eigenvalue weighted by molar-refractivity contribution is -0.394. The number of ether oxygens (including phenoxy) is 3. The number of hydrogen-bond donors (Lipinski definition) is 2. The van der Waals surface area contributed by atoms with Crippen LogP contribution in [0.15, 0.2) is 41.5 Å². The lowest BCUT2D eigenvalue weighted by atomic mass is 9.95. The first kappa shape index (κ1) is 29.6. The normalized spacial score (nSPS) is 12.2. The van der Waals surface area contributed by atoms with Gasteiger partial charge in [0.2, 0.25) is 5.75 Å². The van der Waals surface area contributed by atoms with Crippen molar-refractivity contribution in [3.05, 3.63) is 78.2 Å². The zero-order valence-corrected chi connectivity index (χ0v) is 23.0. The number of anilines is 1. The summed E-state index contributed by atoms with van der Waals surface area (Å²) in [6.07, 6.45) is 4.54. The largest absolute Gasteiger partial charge is 0.493 e. The van der Waals surface area contributed by atoms with E-state index in [1.807, 2.05) is 0 Å². The van der Waals surface area contributed by atoms with Crippen molar-refractivity contribution in [1.82, 2.24) is 5.43 Å². The summed E-state index contributed by atoms with van der Waals surface area (Å²) < 4.78 is 15.7. The second kappa shape index (κ2) is 12.9. The van der Waals surface area contributed by atoms with Gasteiger partial charge in [0, 0.05) is 10.9 Å². The first-order valence-electron chi connectivity index (χ1n) is 12.3. The lowest BCUT2D eigenvalue weighted by Gasteiger charge is -2.11. The van der Waals surface area contributed by atoms with Crippen molar-refractivity contribution in [3.63, 3.8) is 0 Å². The van der Waals surface area contributed by atoms with E-state index in [9.17, 15) is 34.6 Å². The standard InChI is InChI=1S/C26H23N5O10S/c1-39-20-11-14(7-9-19(20)41-18-10-8-15(30(35)36)12-17(18)31(37)38)13-27-29-24(33)23(32)28-25-22(26(34)40-2)16-5-3-4-6-21(16)42-25/h7-13H,3-6H2,1-2H3,(H,28,32)(H,29,33). The minimum Gasteiger partial charge on any atom is -0.493 e. The van der Waals surface area contributed by atoms with Gasteiger partial charge < -0.3 is 19.5 Å². The average Bonchev–Trinajstić information content (AvgIpc) is 3.34. The maximum Gasteiger partial charge on any atom is 0.341 e. The number of methoxy groups -OCH3 is 2. The van der Waals surface area contributed by atoms with Gasteiger partial charge in [-0.15, -0.1) is 11.3 Å². The van der Waals surface area contributed by atoms with Gasteiger partial charge in [-0.2, -0.15) is 5.10 Å². The van der Waals surface area contributed by atoms with E-state index in [1.54, 1.807) is 0 Å². The number of non-ortho nitro benzene ring substituents is 1. The Bertz CT molecular complexity index is 1620. The molecule has 42 heavy (non-hydrogen) atoms. The van der Waals surface area contributed by atoms with Crippen LogP contribution in [0.2, 0.25) is 0 Å². The molecule has 16 heteroatoms. The Kier molecular flexibility index (Phi) is 9.06. The van der Waals surface area contributed by atoms with Crippen molar-refractivity contribution in [2.24, 2.45) is 5.10 Å². The summed E-state index contributed by atoms with van der Waals surface area (Å²) in [7, 11) is 2.57. The quantitative estimate of drug-likeness (QED) is 0.119. The molecular weight excluding hydrogens is 574 g/mol. The maximum atomic E-state index is 12.5. The van der Waals surface area contributed by atoms with Gasteiger partial charge >= 0.3 is 23.5 Å². The highest BCUT2D eigenvalue weighted by Crippen LogP contribution is 2.39. The number of amides is 2. The molecule has 0 saturated heterocycles. The van der Waals surface area contributed by atoms with E-state index in [0.29, 0.717) is 12.0 Å². The first-order valence-corrected chi connectivity index (χ1v) is 13.1. The first-order chi connectivity index (χ1) is 20.1. The van der Waals surface area contributed by atoms with E-state index in [4.69, 9.17) is 14.2 Å². The highest BCUT2D eigenvalue weighted by atomic mass is 32.1. The molecule has 0 unspecified atom stereocenters. The van der Waals surface area contributed by atoms with Crippen LogP contribution in [0.5, 0.6) is 17.2 Å². The van der Waals surface area contributed by atoms with Gasteiger partial charge in [-0.3, -0.25) is 29.8 Å². The van der Waals surface area contributed by atoms with E-state index in [1.165, 1.54) is 50.0 Å². The summed E-state index contributed by atoms with van der Waals surface area (Å²) in [5.74, 6) is -2.74. The molecule has 0 fully saturated rings. The molecule has 1 aromatic heterocycles. The highest BCUT2D eigenvalue weighted by Gasteiger charge is 2.28. The second-order valence-electron chi connectivity index (χ2n) is 8.74. The molecule has 1 aliphatic carbocycles. The number of nitro groups is 2. The van der Waals surface area contributed by atoms with Gasteiger partial charge in [-0.05, 0) is 61.1 Å². The molecule has 4 rings (SSSR count). The molecule has 1 aliphatic rings. The Morgan fingerprint density at radius 2 is 1.69 bits per heavy atom. The molecule has 218 valence electrons. The van der Waals surface area contributed by atoms with Gasteiger partial charge in [0.15, 0.2) is 11.5 Å². The van der Waals surface area contributed by atoms with Crippen molar-refractivity contribution in [2.75, 3.05) is 19.5 Å². The van der Waals surface area contributed by atoms with Crippen molar-refractivity contribution in [2.45, 2.75) is 25.7 Å². The van der Waals surface area contributed by atoms with Gasteiger partial charge in [0.1, 0.15) is 5.00 Å². The topological polar surface area (TPSA) is 202 Å². The number of fused-ring (bicyclic) bond motifs is 1. The van der Waals surface area contributed by atoms with Crippen LogP contribution in [0, 0.1) is 20.2 Å². The minimum absolute atomic E-state index is 0.0649. The summed E-state index contributed by atoms with van der Waals surface area (Å²) in [5.41, 5.74) is 2.51. The zero-order chi connectivity index (χ0) is 30.4. The highest BCUT2D eigenvalue weighted by molar-refractivity contribution is 7.17. The number of carbonyl (C=O) groups excluding carboxylic acids is 3. The fourth-order valence-corrected chi connectivity index (χ4v) is 5.44. The molecule has 2 N–H and O–H groups in total. The Morgan fingerprint density at radius 3 is 2.38 bits per heavy atom. The third-order valence-electron chi connectivity index (χ3n) is 6.13. The average molecular weight is 598 g/mol. The third kappa shape index (κ3) is 6.49. The number of rotatable bonds is 9.